The van der Waals surface area contributed by atoms with Gasteiger partial charge in [0.1, 0.15) is 4.99 Å². The second-order valence-corrected chi connectivity index (χ2v) is 4.71. The van der Waals surface area contributed by atoms with E-state index in [1.54, 1.807) is 6.20 Å². The molecule has 104 valence electrons. The summed E-state index contributed by atoms with van der Waals surface area (Å²) in [6, 6.07) is 6.48. The lowest BCUT2D eigenvalue weighted by Crippen LogP contribution is -2.14. The lowest BCUT2D eigenvalue weighted by Gasteiger charge is -2.11. The molecule has 0 amide bonds. The fraction of sp³-hybridized carbons (Fsp3) is 0.143. The van der Waals surface area contributed by atoms with Crippen LogP contribution in [-0.4, -0.2) is 9.97 Å². The van der Waals surface area contributed by atoms with Crippen LogP contribution in [0.4, 0.5) is 14.5 Å². The fourth-order valence-corrected chi connectivity index (χ4v) is 1.92. The van der Waals surface area contributed by atoms with Gasteiger partial charge in [0.15, 0.2) is 11.6 Å². The number of halogens is 2. The van der Waals surface area contributed by atoms with E-state index in [1.807, 2.05) is 19.1 Å². The van der Waals surface area contributed by atoms with Gasteiger partial charge in [0.2, 0.25) is 0 Å². The zero-order valence-electron chi connectivity index (χ0n) is 10.8. The summed E-state index contributed by atoms with van der Waals surface area (Å²) in [5.74, 6) is -2.04. The van der Waals surface area contributed by atoms with E-state index < -0.39 is 11.6 Å². The van der Waals surface area contributed by atoms with Crippen LogP contribution < -0.4 is 11.1 Å². The quantitative estimate of drug-likeness (QED) is 0.851. The van der Waals surface area contributed by atoms with E-state index in [1.165, 1.54) is 12.1 Å². The van der Waals surface area contributed by atoms with Gasteiger partial charge in [-0.2, -0.15) is 0 Å². The summed E-state index contributed by atoms with van der Waals surface area (Å²) in [7, 11) is 0. The minimum atomic E-state index is -1.04. The molecule has 3 nitrogen and oxygen atoms in total. The zero-order chi connectivity index (χ0) is 14.7. The van der Waals surface area contributed by atoms with E-state index in [9.17, 15) is 8.78 Å². The van der Waals surface area contributed by atoms with Crippen LogP contribution in [0.25, 0.3) is 0 Å². The van der Waals surface area contributed by atoms with Gasteiger partial charge in [-0.3, -0.25) is 4.98 Å². The number of aryl methyl sites for hydroxylation is 1. The minimum absolute atomic E-state index is 0.0487. The highest BCUT2D eigenvalue weighted by molar-refractivity contribution is 7.80. The normalized spacial score (nSPS) is 10.3. The van der Waals surface area contributed by atoms with E-state index in [0.29, 0.717) is 6.54 Å². The fourth-order valence-electron chi connectivity index (χ4n) is 1.76. The minimum Gasteiger partial charge on any atom is -0.389 e. The number of nitrogens with zero attached hydrogens (tertiary/aromatic N) is 1. The number of hydrogen-bond acceptors (Lipinski definition) is 3. The Kier molecular flexibility index (Phi) is 4.24. The highest BCUT2D eigenvalue weighted by Crippen LogP contribution is 2.21. The molecule has 0 saturated heterocycles. The number of nitrogens with two attached hydrogens (primary N) is 1. The summed E-state index contributed by atoms with van der Waals surface area (Å²) in [5.41, 5.74) is 7.00. The lowest BCUT2D eigenvalue weighted by atomic mass is 10.1. The van der Waals surface area contributed by atoms with Crippen LogP contribution in [-0.2, 0) is 6.54 Å². The Morgan fingerprint density at radius 1 is 1.30 bits per heavy atom. The Hall–Kier alpha value is -2.08. The third kappa shape index (κ3) is 2.91. The molecule has 0 fully saturated rings. The molecule has 0 unspecified atom stereocenters. The average Bonchev–Trinajstić information content (AvgIpc) is 2.41. The van der Waals surface area contributed by atoms with Gasteiger partial charge in [-0.25, -0.2) is 8.78 Å². The largest absolute Gasteiger partial charge is 0.389 e. The highest BCUT2D eigenvalue weighted by atomic mass is 32.1. The maximum atomic E-state index is 13.9. The number of thiocarbonyl (C=S) groups is 1. The summed E-state index contributed by atoms with van der Waals surface area (Å²) in [4.78, 5) is 4.00. The zero-order valence-corrected chi connectivity index (χ0v) is 11.6. The topological polar surface area (TPSA) is 50.9 Å². The van der Waals surface area contributed by atoms with E-state index in [4.69, 9.17) is 5.73 Å². The van der Waals surface area contributed by atoms with Crippen LogP contribution in [0, 0.1) is 18.6 Å². The Labute approximate surface area is 120 Å². The number of pyridine rings is 1. The van der Waals surface area contributed by atoms with Crippen LogP contribution in [0.1, 0.15) is 16.8 Å². The van der Waals surface area contributed by atoms with Gasteiger partial charge < -0.3 is 11.1 Å². The van der Waals surface area contributed by atoms with E-state index >= 15 is 0 Å². The molecule has 0 radical (unpaired) electrons. The molecule has 20 heavy (non-hydrogen) atoms. The van der Waals surface area contributed by atoms with Gasteiger partial charge in [-0.15, -0.1) is 0 Å². The van der Waals surface area contributed by atoms with E-state index in [0.717, 1.165) is 11.3 Å². The van der Waals surface area contributed by atoms with Crippen LogP contribution in [0.15, 0.2) is 30.5 Å². The monoisotopic (exact) mass is 293 g/mol. The number of anilines is 1. The Morgan fingerprint density at radius 3 is 2.70 bits per heavy atom. The van der Waals surface area contributed by atoms with Crippen molar-refractivity contribution >= 4 is 22.9 Å². The highest BCUT2D eigenvalue weighted by Gasteiger charge is 2.15. The predicted octanol–water partition coefficient (Wildman–Crippen LogP) is 2.91. The maximum absolute atomic E-state index is 13.9. The van der Waals surface area contributed by atoms with Crippen molar-refractivity contribution in [1.29, 1.82) is 0 Å². The molecule has 1 heterocycles. The van der Waals surface area contributed by atoms with Crippen molar-refractivity contribution in [2.75, 3.05) is 5.32 Å². The molecule has 1 aromatic heterocycles. The first-order chi connectivity index (χ1) is 9.50. The van der Waals surface area contributed by atoms with Crippen molar-refractivity contribution in [2.45, 2.75) is 13.5 Å². The SMILES string of the molecule is Cc1cccnc1CNc1ccc(C(N)=S)c(F)c1F. The van der Waals surface area contributed by atoms with Crippen molar-refractivity contribution in [1.82, 2.24) is 4.98 Å². The molecule has 0 aliphatic carbocycles. The van der Waals surface area contributed by atoms with Crippen LogP contribution in [0.2, 0.25) is 0 Å². The summed E-state index contributed by atoms with van der Waals surface area (Å²) < 4.78 is 27.6. The Bertz CT molecular complexity index is 659. The van der Waals surface area contributed by atoms with Crippen molar-refractivity contribution in [3.63, 3.8) is 0 Å². The smallest absolute Gasteiger partial charge is 0.182 e. The molecule has 0 aliphatic heterocycles. The Morgan fingerprint density at radius 2 is 2.05 bits per heavy atom. The predicted molar refractivity (Wildman–Crippen MR) is 78.5 cm³/mol. The molecule has 0 bridgehead atoms. The van der Waals surface area contributed by atoms with Gasteiger partial charge >= 0.3 is 0 Å². The number of aromatic nitrogens is 1. The number of nitrogens with one attached hydrogen (secondary N) is 1. The van der Waals surface area contributed by atoms with Crippen LogP contribution >= 0.6 is 12.2 Å². The summed E-state index contributed by atoms with van der Waals surface area (Å²) in [6.45, 7) is 2.20. The third-order valence-electron chi connectivity index (χ3n) is 2.91. The van der Waals surface area contributed by atoms with Crippen molar-refractivity contribution in [3.05, 3.63) is 58.9 Å². The summed E-state index contributed by atoms with van der Waals surface area (Å²) >= 11 is 4.65. The first kappa shape index (κ1) is 14.3. The molecule has 0 spiro atoms. The molecule has 0 atom stereocenters. The summed E-state index contributed by atoms with van der Waals surface area (Å²) in [5, 5.41) is 2.82. The Balaban J connectivity index is 2.21. The molecule has 6 heteroatoms. The molecule has 2 aromatic rings. The van der Waals surface area contributed by atoms with Gasteiger partial charge in [0, 0.05) is 11.8 Å². The summed E-state index contributed by atoms with van der Waals surface area (Å²) in [6.07, 6.45) is 1.65. The van der Waals surface area contributed by atoms with Gasteiger partial charge in [0.05, 0.1) is 17.9 Å². The first-order valence-electron chi connectivity index (χ1n) is 5.93. The van der Waals surface area contributed by atoms with Crippen molar-refractivity contribution < 1.29 is 8.78 Å². The molecule has 0 saturated carbocycles. The molecule has 2 rings (SSSR count). The molecule has 3 N–H and O–H groups in total. The molecular formula is C14H13F2N3S. The van der Waals surface area contributed by atoms with Crippen LogP contribution in [0.3, 0.4) is 0 Å². The number of rotatable bonds is 4. The number of hydrogen-bond donors (Lipinski definition) is 2. The van der Waals surface area contributed by atoms with Crippen molar-refractivity contribution in [2.24, 2.45) is 5.73 Å². The second-order valence-electron chi connectivity index (χ2n) is 4.27. The van der Waals surface area contributed by atoms with E-state index in [-0.39, 0.29) is 16.2 Å². The van der Waals surface area contributed by atoms with Gasteiger partial charge in [-0.05, 0) is 30.7 Å². The molecule has 0 aliphatic rings. The lowest BCUT2D eigenvalue weighted by molar-refractivity contribution is 0.509. The molecule has 1 aromatic carbocycles. The standard InChI is InChI=1S/C14H13F2N3S/c1-8-3-2-6-18-11(8)7-19-10-5-4-9(14(17)20)12(15)13(10)16/h2-6,19H,7H2,1H3,(H2,17,20). The van der Waals surface area contributed by atoms with Crippen molar-refractivity contribution in [3.8, 4) is 0 Å². The second kappa shape index (κ2) is 5.92. The number of benzene rings is 1. The van der Waals surface area contributed by atoms with Gasteiger partial charge in [0.25, 0.3) is 0 Å². The maximum Gasteiger partial charge on any atom is 0.182 e. The molecular weight excluding hydrogens is 280 g/mol. The third-order valence-corrected chi connectivity index (χ3v) is 3.13. The first-order valence-corrected chi connectivity index (χ1v) is 6.33. The van der Waals surface area contributed by atoms with Crippen LogP contribution in [0.5, 0.6) is 0 Å². The van der Waals surface area contributed by atoms with Gasteiger partial charge in [-0.1, -0.05) is 18.3 Å². The van der Waals surface area contributed by atoms with E-state index in [2.05, 4.69) is 22.5 Å². The average molecular weight is 293 g/mol.